The summed E-state index contributed by atoms with van der Waals surface area (Å²) in [7, 11) is 1.69. The van der Waals surface area contributed by atoms with Crippen molar-refractivity contribution >= 4 is 5.91 Å². The smallest absolute Gasteiger partial charge is 0.227 e. The molecule has 5 nitrogen and oxygen atoms in total. The Morgan fingerprint density at radius 2 is 1.96 bits per heavy atom. The fourth-order valence-corrected chi connectivity index (χ4v) is 4.61. The lowest BCUT2D eigenvalue weighted by Gasteiger charge is -2.40. The second kappa shape index (κ2) is 7.34. The summed E-state index contributed by atoms with van der Waals surface area (Å²) in [6, 6.07) is 8.22. The fraction of sp³-hybridized carbons (Fsp3) is 0.650. The molecular formula is C20H28N2O3. The van der Waals surface area contributed by atoms with Crippen molar-refractivity contribution in [2.24, 2.45) is 11.8 Å². The molecule has 0 N–H and O–H groups in total. The van der Waals surface area contributed by atoms with Crippen LogP contribution in [0.1, 0.15) is 24.8 Å². The van der Waals surface area contributed by atoms with E-state index in [0.717, 1.165) is 64.3 Å². The highest BCUT2D eigenvalue weighted by molar-refractivity contribution is 5.80. The number of rotatable bonds is 4. The predicted octanol–water partition coefficient (Wildman–Crippen LogP) is 2.15. The van der Waals surface area contributed by atoms with Gasteiger partial charge in [-0.1, -0.05) is 12.1 Å². The van der Waals surface area contributed by atoms with E-state index in [9.17, 15) is 4.79 Å². The van der Waals surface area contributed by atoms with Gasteiger partial charge >= 0.3 is 0 Å². The van der Waals surface area contributed by atoms with E-state index < -0.39 is 0 Å². The SMILES string of the molecule is COc1ccc(CN2C[C@@H]3OCC[C@@H]3[C@H](C(=O)N3CCCC3)C2)cc1. The summed E-state index contributed by atoms with van der Waals surface area (Å²) in [6.45, 7) is 5.32. The van der Waals surface area contributed by atoms with Crippen LogP contribution in [-0.2, 0) is 16.1 Å². The van der Waals surface area contributed by atoms with Crippen molar-refractivity contribution in [2.75, 3.05) is 39.9 Å². The monoisotopic (exact) mass is 344 g/mol. The molecule has 0 aromatic heterocycles. The first-order valence-corrected chi connectivity index (χ1v) is 9.50. The number of benzene rings is 1. The number of amides is 1. The van der Waals surface area contributed by atoms with Crippen LogP contribution >= 0.6 is 0 Å². The maximum Gasteiger partial charge on any atom is 0.227 e. The third-order valence-electron chi connectivity index (χ3n) is 5.97. The van der Waals surface area contributed by atoms with E-state index >= 15 is 0 Å². The number of fused-ring (bicyclic) bond motifs is 1. The minimum Gasteiger partial charge on any atom is -0.497 e. The first kappa shape index (κ1) is 16.9. The Kier molecular flexibility index (Phi) is 4.95. The van der Waals surface area contributed by atoms with Crippen LogP contribution in [0.5, 0.6) is 5.75 Å². The van der Waals surface area contributed by atoms with E-state index in [1.807, 2.05) is 12.1 Å². The quantitative estimate of drug-likeness (QED) is 0.839. The number of nitrogens with zero attached hydrogens (tertiary/aromatic N) is 2. The largest absolute Gasteiger partial charge is 0.497 e. The summed E-state index contributed by atoms with van der Waals surface area (Å²) >= 11 is 0. The van der Waals surface area contributed by atoms with Gasteiger partial charge in [-0.3, -0.25) is 9.69 Å². The molecule has 3 heterocycles. The first-order chi connectivity index (χ1) is 12.2. The number of hydrogen-bond donors (Lipinski definition) is 0. The third-order valence-corrected chi connectivity index (χ3v) is 5.97. The Hall–Kier alpha value is -1.59. The molecule has 3 atom stereocenters. The van der Waals surface area contributed by atoms with Crippen molar-refractivity contribution in [3.8, 4) is 5.75 Å². The molecule has 1 aromatic carbocycles. The molecule has 0 aliphatic carbocycles. The molecule has 3 aliphatic heterocycles. The Morgan fingerprint density at radius 1 is 1.20 bits per heavy atom. The summed E-state index contributed by atoms with van der Waals surface area (Å²) in [4.78, 5) is 17.5. The first-order valence-electron chi connectivity index (χ1n) is 9.50. The number of hydrogen-bond acceptors (Lipinski definition) is 4. The molecule has 0 bridgehead atoms. The van der Waals surface area contributed by atoms with Crippen LogP contribution < -0.4 is 4.74 Å². The summed E-state index contributed by atoms with van der Waals surface area (Å²) in [5, 5.41) is 0. The molecular weight excluding hydrogens is 316 g/mol. The molecule has 4 rings (SSSR count). The Labute approximate surface area is 149 Å². The second-order valence-electron chi connectivity index (χ2n) is 7.54. The summed E-state index contributed by atoms with van der Waals surface area (Å²) < 4.78 is 11.2. The van der Waals surface area contributed by atoms with Crippen LogP contribution in [0.4, 0.5) is 0 Å². The second-order valence-corrected chi connectivity index (χ2v) is 7.54. The highest BCUT2D eigenvalue weighted by Crippen LogP contribution is 2.36. The summed E-state index contributed by atoms with van der Waals surface area (Å²) in [5.74, 6) is 1.74. The van der Waals surface area contributed by atoms with Crippen molar-refractivity contribution in [3.05, 3.63) is 29.8 Å². The topological polar surface area (TPSA) is 42.0 Å². The zero-order valence-electron chi connectivity index (χ0n) is 15.0. The molecule has 136 valence electrons. The van der Waals surface area contributed by atoms with Crippen molar-refractivity contribution < 1.29 is 14.3 Å². The Balaban J connectivity index is 1.46. The molecule has 1 aromatic rings. The van der Waals surface area contributed by atoms with Crippen LogP contribution in [0.3, 0.4) is 0 Å². The van der Waals surface area contributed by atoms with Gasteiger partial charge in [-0.05, 0) is 37.0 Å². The molecule has 0 saturated carbocycles. The normalized spacial score (nSPS) is 29.6. The van der Waals surface area contributed by atoms with Gasteiger partial charge in [-0.15, -0.1) is 0 Å². The van der Waals surface area contributed by atoms with E-state index in [-0.39, 0.29) is 12.0 Å². The lowest BCUT2D eigenvalue weighted by Crippen LogP contribution is -2.52. The third kappa shape index (κ3) is 3.53. The highest BCUT2D eigenvalue weighted by Gasteiger charge is 2.45. The van der Waals surface area contributed by atoms with Gasteiger partial charge in [0, 0.05) is 45.2 Å². The van der Waals surface area contributed by atoms with Crippen molar-refractivity contribution in [2.45, 2.75) is 31.9 Å². The number of ether oxygens (including phenoxy) is 2. The highest BCUT2D eigenvalue weighted by atomic mass is 16.5. The van der Waals surface area contributed by atoms with Crippen LogP contribution in [0, 0.1) is 11.8 Å². The Morgan fingerprint density at radius 3 is 2.68 bits per heavy atom. The molecule has 0 unspecified atom stereocenters. The van der Waals surface area contributed by atoms with Gasteiger partial charge in [0.1, 0.15) is 5.75 Å². The summed E-state index contributed by atoms with van der Waals surface area (Å²) in [6.07, 6.45) is 3.55. The van der Waals surface area contributed by atoms with E-state index in [1.165, 1.54) is 5.56 Å². The molecule has 3 saturated heterocycles. The van der Waals surface area contributed by atoms with Gasteiger partial charge in [-0.25, -0.2) is 0 Å². The van der Waals surface area contributed by atoms with Gasteiger partial charge in [0.25, 0.3) is 0 Å². The minimum absolute atomic E-state index is 0.0950. The average Bonchev–Trinajstić information content (AvgIpc) is 3.33. The number of likely N-dealkylation sites (tertiary alicyclic amines) is 2. The van der Waals surface area contributed by atoms with Crippen molar-refractivity contribution in [1.82, 2.24) is 9.80 Å². The molecule has 5 heteroatoms. The molecule has 3 aliphatic rings. The number of methoxy groups -OCH3 is 1. The van der Waals surface area contributed by atoms with Crippen molar-refractivity contribution in [3.63, 3.8) is 0 Å². The van der Waals surface area contributed by atoms with Gasteiger partial charge < -0.3 is 14.4 Å². The maximum atomic E-state index is 13.1. The van der Waals surface area contributed by atoms with E-state index in [2.05, 4.69) is 21.9 Å². The van der Waals surface area contributed by atoms with E-state index in [4.69, 9.17) is 9.47 Å². The van der Waals surface area contributed by atoms with Gasteiger partial charge in [0.05, 0.1) is 19.1 Å². The lowest BCUT2D eigenvalue weighted by atomic mass is 9.81. The molecule has 25 heavy (non-hydrogen) atoms. The number of carbonyl (C=O) groups is 1. The molecule has 0 radical (unpaired) electrons. The molecule has 0 spiro atoms. The predicted molar refractivity (Wildman–Crippen MR) is 95.4 cm³/mol. The van der Waals surface area contributed by atoms with Gasteiger partial charge in [0.2, 0.25) is 5.91 Å². The fourth-order valence-electron chi connectivity index (χ4n) is 4.61. The van der Waals surface area contributed by atoms with Gasteiger partial charge in [0.15, 0.2) is 0 Å². The summed E-state index contributed by atoms with van der Waals surface area (Å²) in [5.41, 5.74) is 1.25. The van der Waals surface area contributed by atoms with Crippen molar-refractivity contribution in [1.29, 1.82) is 0 Å². The Bertz CT molecular complexity index is 597. The van der Waals surface area contributed by atoms with Crippen LogP contribution in [0.25, 0.3) is 0 Å². The standard InChI is InChI=1S/C20H28N2O3/c1-24-16-6-4-15(5-7-16)12-21-13-18(17-8-11-25-19(17)14-21)20(23)22-9-2-3-10-22/h4-7,17-19H,2-3,8-14H2,1H3/t17-,18-,19+/m1/s1. The van der Waals surface area contributed by atoms with E-state index in [1.54, 1.807) is 7.11 Å². The number of piperidine rings is 1. The van der Waals surface area contributed by atoms with Crippen LogP contribution in [-0.4, -0.2) is 61.7 Å². The number of carbonyl (C=O) groups excluding carboxylic acids is 1. The zero-order valence-corrected chi connectivity index (χ0v) is 15.0. The lowest BCUT2D eigenvalue weighted by molar-refractivity contribution is -0.140. The minimum atomic E-state index is 0.0950. The van der Waals surface area contributed by atoms with Crippen LogP contribution in [0.2, 0.25) is 0 Å². The van der Waals surface area contributed by atoms with Gasteiger partial charge in [-0.2, -0.15) is 0 Å². The van der Waals surface area contributed by atoms with Crippen LogP contribution in [0.15, 0.2) is 24.3 Å². The van der Waals surface area contributed by atoms with E-state index in [0.29, 0.717) is 11.8 Å². The zero-order chi connectivity index (χ0) is 17.2. The maximum absolute atomic E-state index is 13.1. The average molecular weight is 344 g/mol. The molecule has 1 amide bonds. The molecule has 3 fully saturated rings.